The lowest BCUT2D eigenvalue weighted by Crippen LogP contribution is -2.22. The van der Waals surface area contributed by atoms with Crippen LogP contribution in [0.4, 0.5) is 5.69 Å². The molecule has 0 saturated carbocycles. The first-order valence-electron chi connectivity index (χ1n) is 5.65. The van der Waals surface area contributed by atoms with E-state index in [2.05, 4.69) is 4.72 Å². The van der Waals surface area contributed by atoms with Crippen LogP contribution in [0.3, 0.4) is 0 Å². The molecule has 1 N–H and O–H groups in total. The highest BCUT2D eigenvalue weighted by Gasteiger charge is 2.17. The first kappa shape index (κ1) is 13.1. The molecule has 0 unspecified atom stereocenters. The number of hydrogen-bond donors (Lipinski definition) is 1. The molecule has 96 valence electrons. The first-order chi connectivity index (χ1) is 8.50. The monoisotopic (exact) mass is 281 g/mol. The van der Waals surface area contributed by atoms with E-state index in [9.17, 15) is 8.42 Å². The third kappa shape index (κ3) is 2.73. The van der Waals surface area contributed by atoms with Crippen LogP contribution in [0.5, 0.6) is 0 Å². The summed E-state index contributed by atoms with van der Waals surface area (Å²) in [7, 11) is -3.31. The maximum Gasteiger partial charge on any atom is 0.235 e. The Labute approximate surface area is 112 Å². The fraction of sp³-hybridized carbons (Fsp3) is 0.231. The summed E-state index contributed by atoms with van der Waals surface area (Å²) in [6.45, 7) is 3.33. The summed E-state index contributed by atoms with van der Waals surface area (Å²) in [6, 6.07) is 11.4. The average molecular weight is 281 g/mol. The van der Waals surface area contributed by atoms with E-state index in [0.717, 1.165) is 10.4 Å². The molecule has 1 aromatic heterocycles. The van der Waals surface area contributed by atoms with Gasteiger partial charge in [-0.1, -0.05) is 24.3 Å². The van der Waals surface area contributed by atoms with Crippen LogP contribution in [0.25, 0.3) is 10.4 Å². The lowest BCUT2D eigenvalue weighted by molar-refractivity contribution is 0.593. The molecule has 0 bridgehead atoms. The summed E-state index contributed by atoms with van der Waals surface area (Å²) in [6.07, 6.45) is 0. The first-order valence-corrected chi connectivity index (χ1v) is 8.08. The summed E-state index contributed by atoms with van der Waals surface area (Å²) in [5.74, 6) is 0. The van der Waals surface area contributed by atoms with Crippen LogP contribution in [0, 0.1) is 0 Å². The van der Waals surface area contributed by atoms with Crippen molar-refractivity contribution in [2.24, 2.45) is 0 Å². The molecule has 0 radical (unpaired) electrons. The molecule has 1 aromatic carbocycles. The van der Waals surface area contributed by atoms with Crippen LogP contribution in [0.15, 0.2) is 41.8 Å². The highest BCUT2D eigenvalue weighted by Crippen LogP contribution is 2.32. The quantitative estimate of drug-likeness (QED) is 0.931. The van der Waals surface area contributed by atoms with Gasteiger partial charge in [0.05, 0.1) is 10.9 Å². The van der Waals surface area contributed by atoms with E-state index in [1.165, 1.54) is 0 Å². The summed E-state index contributed by atoms with van der Waals surface area (Å²) in [5, 5.41) is 1.53. The molecule has 1 heterocycles. The maximum atomic E-state index is 11.9. The molecule has 0 fully saturated rings. The van der Waals surface area contributed by atoms with Crippen LogP contribution in [0.1, 0.15) is 13.8 Å². The predicted molar refractivity (Wildman–Crippen MR) is 77.4 cm³/mol. The Kier molecular flexibility index (Phi) is 3.73. The smallest absolute Gasteiger partial charge is 0.235 e. The topological polar surface area (TPSA) is 46.2 Å². The second kappa shape index (κ2) is 5.12. The molecule has 0 atom stereocenters. The number of benzene rings is 1. The Morgan fingerprint density at radius 3 is 2.44 bits per heavy atom. The Morgan fingerprint density at radius 1 is 1.11 bits per heavy atom. The van der Waals surface area contributed by atoms with Crippen molar-refractivity contribution >= 4 is 27.0 Å². The molecule has 0 saturated heterocycles. The highest BCUT2D eigenvalue weighted by atomic mass is 32.2. The largest absolute Gasteiger partial charge is 0.283 e. The van der Waals surface area contributed by atoms with Gasteiger partial charge in [-0.15, -0.1) is 11.3 Å². The van der Waals surface area contributed by atoms with E-state index < -0.39 is 15.3 Å². The second-order valence-electron chi connectivity index (χ2n) is 4.22. The van der Waals surface area contributed by atoms with E-state index in [1.807, 2.05) is 35.7 Å². The van der Waals surface area contributed by atoms with Gasteiger partial charge in [0.25, 0.3) is 0 Å². The van der Waals surface area contributed by atoms with Gasteiger partial charge in [-0.3, -0.25) is 4.72 Å². The Morgan fingerprint density at radius 2 is 1.83 bits per heavy atom. The molecule has 5 heteroatoms. The molecule has 0 spiro atoms. The fourth-order valence-electron chi connectivity index (χ4n) is 1.49. The molecule has 2 rings (SSSR count). The second-order valence-corrected chi connectivity index (χ2v) is 7.40. The van der Waals surface area contributed by atoms with Gasteiger partial charge in [-0.2, -0.15) is 0 Å². The Hall–Kier alpha value is -1.33. The highest BCUT2D eigenvalue weighted by molar-refractivity contribution is 7.93. The number of para-hydroxylation sites is 1. The zero-order chi connectivity index (χ0) is 13.2. The van der Waals surface area contributed by atoms with Crippen LogP contribution in [-0.2, 0) is 10.0 Å². The van der Waals surface area contributed by atoms with Gasteiger partial charge in [0.15, 0.2) is 0 Å². The van der Waals surface area contributed by atoms with Crippen LogP contribution >= 0.6 is 11.3 Å². The van der Waals surface area contributed by atoms with Gasteiger partial charge in [-0.05, 0) is 31.4 Å². The van der Waals surface area contributed by atoms with Crippen molar-refractivity contribution in [3.05, 3.63) is 41.8 Å². The molecule has 2 aromatic rings. The number of hydrogen-bond acceptors (Lipinski definition) is 3. The summed E-state index contributed by atoms with van der Waals surface area (Å²) >= 11 is 1.59. The zero-order valence-corrected chi connectivity index (χ0v) is 11.9. The van der Waals surface area contributed by atoms with E-state index in [0.29, 0.717) is 5.69 Å². The standard InChI is InChI=1S/C13H15NO2S2/c1-10(2)18(15,16)14-12-7-4-3-6-11(12)13-8-5-9-17-13/h3-10,14H,1-2H3. The van der Waals surface area contributed by atoms with Crippen LogP contribution in [-0.4, -0.2) is 13.7 Å². The molecular weight excluding hydrogens is 266 g/mol. The summed E-state index contributed by atoms with van der Waals surface area (Å²) in [5.41, 5.74) is 1.55. The lowest BCUT2D eigenvalue weighted by atomic mass is 10.1. The van der Waals surface area contributed by atoms with Crippen LogP contribution < -0.4 is 4.72 Å². The van der Waals surface area contributed by atoms with Crippen molar-refractivity contribution in [2.75, 3.05) is 4.72 Å². The van der Waals surface area contributed by atoms with Gasteiger partial charge >= 0.3 is 0 Å². The molecule has 0 amide bonds. The van der Waals surface area contributed by atoms with Gasteiger partial charge in [0.2, 0.25) is 10.0 Å². The van der Waals surface area contributed by atoms with Crippen molar-refractivity contribution in [2.45, 2.75) is 19.1 Å². The third-order valence-electron chi connectivity index (χ3n) is 2.59. The van der Waals surface area contributed by atoms with Gasteiger partial charge in [-0.25, -0.2) is 8.42 Å². The summed E-state index contributed by atoms with van der Waals surface area (Å²) in [4.78, 5) is 1.05. The van der Waals surface area contributed by atoms with Gasteiger partial charge in [0, 0.05) is 10.4 Å². The molecular formula is C13H15NO2S2. The molecule has 0 aliphatic carbocycles. The molecule has 0 aliphatic heterocycles. The minimum Gasteiger partial charge on any atom is -0.283 e. The van der Waals surface area contributed by atoms with Crippen molar-refractivity contribution < 1.29 is 8.42 Å². The van der Waals surface area contributed by atoms with Crippen LogP contribution in [0.2, 0.25) is 0 Å². The van der Waals surface area contributed by atoms with E-state index in [1.54, 1.807) is 31.3 Å². The van der Waals surface area contributed by atoms with Crippen molar-refractivity contribution in [3.63, 3.8) is 0 Å². The maximum absolute atomic E-state index is 11.9. The number of rotatable bonds is 4. The third-order valence-corrected chi connectivity index (χ3v) is 5.24. The van der Waals surface area contributed by atoms with E-state index in [-0.39, 0.29) is 0 Å². The van der Waals surface area contributed by atoms with Gasteiger partial charge < -0.3 is 0 Å². The zero-order valence-electron chi connectivity index (χ0n) is 10.3. The summed E-state index contributed by atoms with van der Waals surface area (Å²) < 4.78 is 26.5. The van der Waals surface area contributed by atoms with Crippen molar-refractivity contribution in [1.82, 2.24) is 0 Å². The normalized spacial score (nSPS) is 11.7. The number of anilines is 1. The SMILES string of the molecule is CC(C)S(=O)(=O)Nc1ccccc1-c1cccs1. The van der Waals surface area contributed by atoms with E-state index in [4.69, 9.17) is 0 Å². The average Bonchev–Trinajstić information content (AvgIpc) is 2.82. The Bertz CT molecular complexity index is 616. The van der Waals surface area contributed by atoms with Gasteiger partial charge in [0.1, 0.15) is 0 Å². The molecule has 3 nitrogen and oxygen atoms in total. The molecule has 18 heavy (non-hydrogen) atoms. The minimum absolute atomic E-state index is 0.450. The number of thiophene rings is 1. The predicted octanol–water partition coefficient (Wildman–Crippen LogP) is 3.57. The number of nitrogens with one attached hydrogen (secondary N) is 1. The lowest BCUT2D eigenvalue weighted by Gasteiger charge is -2.13. The number of sulfonamides is 1. The van der Waals surface area contributed by atoms with Crippen molar-refractivity contribution in [3.8, 4) is 10.4 Å². The van der Waals surface area contributed by atoms with Crippen molar-refractivity contribution in [1.29, 1.82) is 0 Å². The van der Waals surface area contributed by atoms with E-state index >= 15 is 0 Å². The Balaban J connectivity index is 2.41. The fourth-order valence-corrected chi connectivity index (χ4v) is 2.98. The minimum atomic E-state index is -3.31. The molecule has 0 aliphatic rings.